The quantitative estimate of drug-likeness (QED) is 0.0889. The SMILES string of the molecule is C[Si](C)(C)c1ccc(N(c2ccccc2)c2ccc3c(-c4ccc(-c5ccc6ccccc6c5)cc4)c4cc(N(c5ccccc5)c5ccc([Si](C)(C)C)cc5)ccc4c(-c4ccc(-c5ccc6ccccc6c5)cc4)c3c2)cc1. The Morgan fingerprint density at radius 3 is 0.875 bits per heavy atom. The van der Waals surface area contributed by atoms with Crippen LogP contribution < -0.4 is 20.2 Å². The van der Waals surface area contributed by atoms with Crippen molar-refractivity contribution in [3.8, 4) is 44.5 Å². The molecule has 0 atom stereocenters. The van der Waals surface area contributed by atoms with Gasteiger partial charge in [-0.3, -0.25) is 0 Å². The van der Waals surface area contributed by atoms with E-state index in [1.807, 2.05) is 0 Å². The van der Waals surface area contributed by atoms with E-state index < -0.39 is 16.1 Å². The van der Waals surface area contributed by atoms with Crippen molar-refractivity contribution in [1.29, 1.82) is 0 Å². The van der Waals surface area contributed by atoms with Gasteiger partial charge in [0.25, 0.3) is 0 Å². The van der Waals surface area contributed by atoms with Gasteiger partial charge in [0.05, 0.1) is 16.1 Å². The van der Waals surface area contributed by atoms with Crippen LogP contribution in [0.2, 0.25) is 39.3 Å². The summed E-state index contributed by atoms with van der Waals surface area (Å²) in [5, 5.41) is 12.6. The van der Waals surface area contributed by atoms with Crippen molar-refractivity contribution in [2.75, 3.05) is 9.80 Å². The molecule has 0 saturated carbocycles. The number of hydrogen-bond acceptors (Lipinski definition) is 2. The minimum absolute atomic E-state index is 1.10. The third-order valence-electron chi connectivity index (χ3n) is 16.1. The second-order valence-electron chi connectivity index (χ2n) is 23.4. The Kier molecular flexibility index (Phi) is 13.0. The fraction of sp³-hybridized carbons (Fsp3) is 0.0789. The van der Waals surface area contributed by atoms with Gasteiger partial charge in [0.2, 0.25) is 0 Å². The molecular formula is C76H64N2Si2. The summed E-state index contributed by atoms with van der Waals surface area (Å²) in [7, 11) is -3.09. The van der Waals surface area contributed by atoms with Crippen LogP contribution in [0.1, 0.15) is 0 Å². The summed E-state index contributed by atoms with van der Waals surface area (Å²) in [6, 6.07) is 104. The summed E-state index contributed by atoms with van der Waals surface area (Å²) in [6.07, 6.45) is 0. The molecular weight excluding hydrogens is 997 g/mol. The summed E-state index contributed by atoms with van der Waals surface area (Å²) < 4.78 is 0. The zero-order chi connectivity index (χ0) is 54.5. The highest BCUT2D eigenvalue weighted by atomic mass is 28.3. The predicted octanol–water partition coefficient (Wildman–Crippen LogP) is 21.0. The van der Waals surface area contributed by atoms with Gasteiger partial charge in [-0.1, -0.05) is 244 Å². The summed E-state index contributed by atoms with van der Waals surface area (Å²) in [6.45, 7) is 14.5. The maximum Gasteiger partial charge on any atom is 0.0775 e. The van der Waals surface area contributed by atoms with Gasteiger partial charge in [-0.25, -0.2) is 0 Å². The number of hydrogen-bond donors (Lipinski definition) is 0. The van der Waals surface area contributed by atoms with Crippen molar-refractivity contribution >= 4 is 104 Å². The van der Waals surface area contributed by atoms with E-state index >= 15 is 0 Å². The molecule has 13 rings (SSSR count). The van der Waals surface area contributed by atoms with E-state index in [0.717, 1.165) is 34.1 Å². The Bertz CT molecular complexity index is 4100. The first-order chi connectivity index (χ1) is 38.9. The molecule has 0 aliphatic carbocycles. The fourth-order valence-electron chi connectivity index (χ4n) is 11.8. The van der Waals surface area contributed by atoms with Gasteiger partial charge in [0, 0.05) is 34.1 Å². The minimum Gasteiger partial charge on any atom is -0.310 e. The molecule has 0 saturated heterocycles. The van der Waals surface area contributed by atoms with Crippen molar-refractivity contribution in [1.82, 2.24) is 0 Å². The van der Waals surface area contributed by atoms with E-state index in [1.165, 1.54) is 98.0 Å². The average Bonchev–Trinajstić information content (AvgIpc) is 3.53. The molecule has 0 N–H and O–H groups in total. The number of para-hydroxylation sites is 2. The van der Waals surface area contributed by atoms with Gasteiger partial charge in [-0.15, -0.1) is 0 Å². The van der Waals surface area contributed by atoms with Gasteiger partial charge in [0.1, 0.15) is 0 Å². The van der Waals surface area contributed by atoms with Crippen molar-refractivity contribution in [3.05, 3.63) is 279 Å². The Morgan fingerprint density at radius 2 is 0.512 bits per heavy atom. The van der Waals surface area contributed by atoms with E-state index in [2.05, 4.69) is 328 Å². The van der Waals surface area contributed by atoms with Gasteiger partial charge in [0.15, 0.2) is 0 Å². The molecule has 0 aromatic heterocycles. The van der Waals surface area contributed by atoms with Crippen molar-refractivity contribution in [3.63, 3.8) is 0 Å². The molecule has 0 amide bonds. The van der Waals surface area contributed by atoms with E-state index in [0.29, 0.717) is 0 Å². The first-order valence-electron chi connectivity index (χ1n) is 28.1. The van der Waals surface area contributed by atoms with Gasteiger partial charge in [-0.05, 0) is 173 Å². The maximum absolute atomic E-state index is 2.46. The second kappa shape index (κ2) is 20.6. The van der Waals surface area contributed by atoms with Crippen LogP contribution in [-0.2, 0) is 0 Å². The monoisotopic (exact) mass is 1060 g/mol. The van der Waals surface area contributed by atoms with Crippen LogP contribution in [0.5, 0.6) is 0 Å². The zero-order valence-corrected chi connectivity index (χ0v) is 48.5. The molecule has 2 nitrogen and oxygen atoms in total. The molecule has 386 valence electrons. The molecule has 0 aliphatic rings. The molecule has 0 radical (unpaired) electrons. The normalized spacial score (nSPS) is 11.9. The molecule has 0 fully saturated rings. The van der Waals surface area contributed by atoms with Crippen LogP contribution in [0.25, 0.3) is 87.6 Å². The Morgan fingerprint density at radius 1 is 0.212 bits per heavy atom. The van der Waals surface area contributed by atoms with E-state index in [1.54, 1.807) is 0 Å². The van der Waals surface area contributed by atoms with Crippen LogP contribution in [0.15, 0.2) is 279 Å². The van der Waals surface area contributed by atoms with Crippen molar-refractivity contribution in [2.45, 2.75) is 39.3 Å². The molecule has 0 unspecified atom stereocenters. The highest BCUT2D eigenvalue weighted by Gasteiger charge is 2.24. The lowest BCUT2D eigenvalue weighted by Gasteiger charge is -2.29. The summed E-state index contributed by atoms with van der Waals surface area (Å²) in [4.78, 5) is 4.85. The molecule has 0 heterocycles. The lowest BCUT2D eigenvalue weighted by molar-refractivity contribution is 1.29. The first kappa shape index (κ1) is 50.4. The summed E-state index contributed by atoms with van der Waals surface area (Å²) in [5.41, 5.74) is 16.2. The minimum atomic E-state index is -1.55. The van der Waals surface area contributed by atoms with Gasteiger partial charge < -0.3 is 9.80 Å². The predicted molar refractivity (Wildman–Crippen MR) is 354 cm³/mol. The third kappa shape index (κ3) is 9.72. The van der Waals surface area contributed by atoms with E-state index in [-0.39, 0.29) is 0 Å². The topological polar surface area (TPSA) is 6.48 Å². The molecule has 4 heteroatoms. The summed E-state index contributed by atoms with van der Waals surface area (Å²) >= 11 is 0. The lowest BCUT2D eigenvalue weighted by Crippen LogP contribution is -2.37. The lowest BCUT2D eigenvalue weighted by atomic mass is 9.84. The maximum atomic E-state index is 2.46. The largest absolute Gasteiger partial charge is 0.310 e. The highest BCUT2D eigenvalue weighted by Crippen LogP contribution is 2.49. The number of nitrogens with zero attached hydrogens (tertiary/aromatic N) is 2. The van der Waals surface area contributed by atoms with Gasteiger partial charge >= 0.3 is 0 Å². The number of benzene rings is 13. The van der Waals surface area contributed by atoms with Crippen molar-refractivity contribution in [2.24, 2.45) is 0 Å². The first-order valence-corrected chi connectivity index (χ1v) is 35.1. The molecule has 0 spiro atoms. The number of anilines is 6. The third-order valence-corrected chi connectivity index (χ3v) is 20.3. The Hall–Kier alpha value is -9.07. The van der Waals surface area contributed by atoms with Crippen LogP contribution in [0.3, 0.4) is 0 Å². The smallest absolute Gasteiger partial charge is 0.0775 e. The Balaban J connectivity index is 1.07. The van der Waals surface area contributed by atoms with Crippen LogP contribution in [0, 0.1) is 0 Å². The van der Waals surface area contributed by atoms with Gasteiger partial charge in [-0.2, -0.15) is 0 Å². The van der Waals surface area contributed by atoms with E-state index in [9.17, 15) is 0 Å². The molecule has 0 aliphatic heterocycles. The molecule has 80 heavy (non-hydrogen) atoms. The van der Waals surface area contributed by atoms with E-state index in [4.69, 9.17) is 0 Å². The highest BCUT2D eigenvalue weighted by molar-refractivity contribution is 6.89. The zero-order valence-electron chi connectivity index (χ0n) is 46.5. The molecule has 13 aromatic carbocycles. The summed E-state index contributed by atoms with van der Waals surface area (Å²) in [5.74, 6) is 0. The standard InChI is InChI=1S/C76H64N2Si2/c1-79(2,3)69-43-37-65(38-44-69)77(63-21-9-7-10-22-63)67-41-47-71-73(51-67)75(57-31-25-55(26-32-57)61-35-29-53-17-13-15-19-59(53)49-61)72-48-42-68(78(64-23-11-8-12-24-64)66-39-45-70(46-40-66)80(4,5)6)52-74(72)76(71)58-33-27-56(28-34-58)62-36-30-54-18-14-16-20-60(54)50-62/h7-52H,1-6H3. The van der Waals surface area contributed by atoms with Crippen LogP contribution in [0.4, 0.5) is 34.1 Å². The van der Waals surface area contributed by atoms with Crippen LogP contribution in [-0.4, -0.2) is 16.1 Å². The fourth-order valence-corrected chi connectivity index (χ4v) is 14.1. The Labute approximate surface area is 473 Å². The average molecular weight is 1060 g/mol. The molecule has 13 aromatic rings. The second-order valence-corrected chi connectivity index (χ2v) is 33.6. The van der Waals surface area contributed by atoms with Crippen LogP contribution >= 0.6 is 0 Å². The van der Waals surface area contributed by atoms with Crippen molar-refractivity contribution < 1.29 is 0 Å². The number of rotatable bonds is 12. The molecule has 0 bridgehead atoms. The number of fused-ring (bicyclic) bond motifs is 4.